The first-order valence-corrected chi connectivity index (χ1v) is 12.7. The maximum atomic E-state index is 13.2. The normalized spacial score (nSPS) is 20.2. The molecule has 0 saturated carbocycles. The van der Waals surface area contributed by atoms with Gasteiger partial charge in [0.25, 0.3) is 11.5 Å². The summed E-state index contributed by atoms with van der Waals surface area (Å²) >= 11 is 0. The molecule has 1 aromatic heterocycles. The summed E-state index contributed by atoms with van der Waals surface area (Å²) in [6.07, 6.45) is 3.64. The van der Waals surface area contributed by atoms with Crippen molar-refractivity contribution in [1.29, 1.82) is 0 Å². The number of hydrogen-bond acceptors (Lipinski definition) is 5. The molecule has 0 aliphatic carbocycles. The molecule has 7 heteroatoms. The molecule has 2 aromatic rings. The molecule has 0 unspecified atom stereocenters. The lowest BCUT2D eigenvalue weighted by Gasteiger charge is -2.42. The van der Waals surface area contributed by atoms with Gasteiger partial charge in [0.1, 0.15) is 5.56 Å². The van der Waals surface area contributed by atoms with Crippen LogP contribution in [0.1, 0.15) is 61.5 Å². The first kappa shape index (κ1) is 24.9. The molecule has 2 aliphatic heterocycles. The molecule has 0 atom stereocenters. The Labute approximate surface area is 202 Å². The van der Waals surface area contributed by atoms with E-state index in [1.165, 1.54) is 0 Å². The number of likely N-dealkylation sites (tertiary alicyclic amines) is 2. The van der Waals surface area contributed by atoms with Crippen molar-refractivity contribution in [2.75, 3.05) is 46.3 Å². The predicted octanol–water partition coefficient (Wildman–Crippen LogP) is 2.79. The lowest BCUT2D eigenvalue weighted by molar-refractivity contribution is -0.0463. The predicted molar refractivity (Wildman–Crippen MR) is 137 cm³/mol. The van der Waals surface area contributed by atoms with Gasteiger partial charge in [-0.05, 0) is 90.2 Å². The van der Waals surface area contributed by atoms with E-state index in [1.807, 2.05) is 39.0 Å². The van der Waals surface area contributed by atoms with E-state index in [9.17, 15) is 14.7 Å². The van der Waals surface area contributed by atoms with E-state index in [2.05, 4.69) is 22.2 Å². The molecular formula is C27H40N4O3. The standard InChI is InChI=1S/C27H40N4O3/c1-19(2)31-24-7-5-6-20(3)22(24)16-23(26(31)33)25(32)28-17-21-8-12-30(13-9-21)18-27(34)10-14-29(4)15-11-27/h5-7,16,19,21,34H,8-15,17-18H2,1-4H3,(H,28,32). The van der Waals surface area contributed by atoms with Crippen LogP contribution in [0.2, 0.25) is 0 Å². The Morgan fingerprint density at radius 2 is 1.85 bits per heavy atom. The van der Waals surface area contributed by atoms with Gasteiger partial charge in [-0.15, -0.1) is 0 Å². The zero-order valence-corrected chi connectivity index (χ0v) is 21.1. The Morgan fingerprint density at radius 1 is 1.18 bits per heavy atom. The van der Waals surface area contributed by atoms with Gasteiger partial charge in [-0.2, -0.15) is 0 Å². The minimum absolute atomic E-state index is 0.0340. The van der Waals surface area contributed by atoms with Gasteiger partial charge in [0.15, 0.2) is 0 Å². The van der Waals surface area contributed by atoms with Crippen LogP contribution in [0.5, 0.6) is 0 Å². The first-order chi connectivity index (χ1) is 16.2. The van der Waals surface area contributed by atoms with Crippen molar-refractivity contribution < 1.29 is 9.90 Å². The maximum Gasteiger partial charge on any atom is 0.264 e. The zero-order chi connectivity index (χ0) is 24.5. The van der Waals surface area contributed by atoms with Crippen LogP contribution in [-0.4, -0.2) is 77.3 Å². The van der Waals surface area contributed by atoms with Gasteiger partial charge in [-0.3, -0.25) is 9.59 Å². The van der Waals surface area contributed by atoms with Crippen LogP contribution in [0.15, 0.2) is 29.1 Å². The highest BCUT2D eigenvalue weighted by Gasteiger charge is 2.34. The van der Waals surface area contributed by atoms with Crippen molar-refractivity contribution in [3.05, 3.63) is 45.7 Å². The molecule has 3 heterocycles. The number of pyridine rings is 1. The highest BCUT2D eigenvalue weighted by atomic mass is 16.3. The van der Waals surface area contributed by atoms with E-state index in [0.29, 0.717) is 12.5 Å². The molecule has 34 heavy (non-hydrogen) atoms. The minimum atomic E-state index is -0.571. The number of carbonyl (C=O) groups excluding carboxylic acids is 1. The number of rotatable bonds is 6. The number of hydrogen-bond donors (Lipinski definition) is 2. The fraction of sp³-hybridized carbons (Fsp3) is 0.630. The molecule has 2 saturated heterocycles. The molecule has 1 aromatic carbocycles. The van der Waals surface area contributed by atoms with E-state index in [4.69, 9.17) is 0 Å². The summed E-state index contributed by atoms with van der Waals surface area (Å²) in [4.78, 5) is 30.9. The van der Waals surface area contributed by atoms with Crippen LogP contribution >= 0.6 is 0 Å². The summed E-state index contributed by atoms with van der Waals surface area (Å²) in [6, 6.07) is 7.63. The van der Waals surface area contributed by atoms with Gasteiger partial charge in [0, 0.05) is 37.6 Å². The molecular weight excluding hydrogens is 428 g/mol. The molecule has 0 radical (unpaired) electrons. The number of piperidine rings is 2. The summed E-state index contributed by atoms with van der Waals surface area (Å²) in [6.45, 7) is 11.1. The van der Waals surface area contributed by atoms with Crippen molar-refractivity contribution in [2.24, 2.45) is 5.92 Å². The van der Waals surface area contributed by atoms with E-state index in [-0.39, 0.29) is 23.1 Å². The van der Waals surface area contributed by atoms with Crippen LogP contribution in [0.25, 0.3) is 10.9 Å². The Hall–Kier alpha value is -2.22. The quantitative estimate of drug-likeness (QED) is 0.682. The topological polar surface area (TPSA) is 77.8 Å². The van der Waals surface area contributed by atoms with E-state index in [0.717, 1.165) is 74.9 Å². The number of aliphatic hydroxyl groups is 1. The average Bonchev–Trinajstić information content (AvgIpc) is 2.80. The van der Waals surface area contributed by atoms with E-state index >= 15 is 0 Å². The van der Waals surface area contributed by atoms with Crippen molar-refractivity contribution >= 4 is 16.8 Å². The maximum absolute atomic E-state index is 13.2. The second-order valence-electron chi connectivity index (χ2n) is 10.8. The second-order valence-corrected chi connectivity index (χ2v) is 10.8. The highest BCUT2D eigenvalue weighted by Crippen LogP contribution is 2.26. The second kappa shape index (κ2) is 10.2. The molecule has 2 N–H and O–H groups in total. The summed E-state index contributed by atoms with van der Waals surface area (Å²) in [5.74, 6) is 0.106. The zero-order valence-electron chi connectivity index (χ0n) is 21.1. The number of benzene rings is 1. The van der Waals surface area contributed by atoms with Crippen LogP contribution < -0.4 is 10.9 Å². The Morgan fingerprint density at radius 3 is 2.50 bits per heavy atom. The number of fused-ring (bicyclic) bond motifs is 1. The van der Waals surface area contributed by atoms with E-state index < -0.39 is 5.60 Å². The molecule has 7 nitrogen and oxygen atoms in total. The summed E-state index contributed by atoms with van der Waals surface area (Å²) < 4.78 is 1.73. The number of carbonyl (C=O) groups is 1. The molecule has 2 fully saturated rings. The summed E-state index contributed by atoms with van der Waals surface area (Å²) in [5.41, 5.74) is 1.34. The van der Waals surface area contributed by atoms with Crippen LogP contribution in [0.3, 0.4) is 0 Å². The number of aromatic nitrogens is 1. The first-order valence-electron chi connectivity index (χ1n) is 12.7. The number of nitrogens with one attached hydrogen (secondary N) is 1. The summed E-state index contributed by atoms with van der Waals surface area (Å²) in [5, 5.41) is 14.9. The average molecular weight is 469 g/mol. The number of nitrogens with zero attached hydrogens (tertiary/aromatic N) is 3. The minimum Gasteiger partial charge on any atom is -0.388 e. The molecule has 0 spiro atoms. The third kappa shape index (κ3) is 5.37. The van der Waals surface area contributed by atoms with Gasteiger partial charge in [-0.1, -0.05) is 12.1 Å². The van der Waals surface area contributed by atoms with Gasteiger partial charge in [-0.25, -0.2) is 0 Å². The third-order valence-corrected chi connectivity index (χ3v) is 7.75. The molecule has 2 aliphatic rings. The van der Waals surface area contributed by atoms with Gasteiger partial charge in [0.2, 0.25) is 0 Å². The largest absolute Gasteiger partial charge is 0.388 e. The van der Waals surface area contributed by atoms with Crippen molar-refractivity contribution in [3.8, 4) is 0 Å². The van der Waals surface area contributed by atoms with Crippen LogP contribution in [0.4, 0.5) is 0 Å². The lowest BCUT2D eigenvalue weighted by atomic mass is 9.89. The number of aryl methyl sites for hydroxylation is 1. The smallest absolute Gasteiger partial charge is 0.264 e. The Balaban J connectivity index is 1.36. The SMILES string of the molecule is Cc1cccc2c1cc(C(=O)NCC1CCN(CC3(O)CCN(C)CC3)CC1)c(=O)n2C(C)C. The monoisotopic (exact) mass is 468 g/mol. The van der Waals surface area contributed by atoms with Gasteiger partial charge >= 0.3 is 0 Å². The fourth-order valence-electron chi connectivity index (χ4n) is 5.47. The van der Waals surface area contributed by atoms with Crippen molar-refractivity contribution in [2.45, 2.75) is 58.1 Å². The molecule has 1 amide bonds. The summed E-state index contributed by atoms with van der Waals surface area (Å²) in [7, 11) is 2.11. The fourth-order valence-corrected chi connectivity index (χ4v) is 5.47. The third-order valence-electron chi connectivity index (χ3n) is 7.75. The molecule has 186 valence electrons. The molecule has 0 bridgehead atoms. The van der Waals surface area contributed by atoms with Crippen LogP contribution in [0, 0.1) is 12.8 Å². The van der Waals surface area contributed by atoms with Crippen molar-refractivity contribution in [3.63, 3.8) is 0 Å². The number of β-amino-alcohol motifs (C(OH)–C–C–N with tert-alkyl or cyclic N) is 1. The Bertz CT molecular complexity index is 1080. The van der Waals surface area contributed by atoms with Gasteiger partial charge in [0.05, 0.1) is 11.1 Å². The van der Waals surface area contributed by atoms with Crippen LogP contribution in [-0.2, 0) is 0 Å². The van der Waals surface area contributed by atoms with E-state index in [1.54, 1.807) is 10.6 Å². The Kier molecular flexibility index (Phi) is 7.45. The van der Waals surface area contributed by atoms with Crippen molar-refractivity contribution in [1.82, 2.24) is 19.7 Å². The lowest BCUT2D eigenvalue weighted by Crippen LogP contribution is -2.52. The number of amides is 1. The molecule has 4 rings (SSSR count). The van der Waals surface area contributed by atoms with Gasteiger partial charge < -0.3 is 24.8 Å². The highest BCUT2D eigenvalue weighted by molar-refractivity contribution is 5.98.